The van der Waals surface area contributed by atoms with Crippen molar-refractivity contribution in [2.75, 3.05) is 24.6 Å². The van der Waals surface area contributed by atoms with Gasteiger partial charge in [-0.05, 0) is 24.0 Å². The minimum Gasteiger partial charge on any atom is -0.396 e. The molecule has 7 heteroatoms. The molecule has 0 spiro atoms. The SMILES string of the molecule is CC(C)c1ccc(C#N)c(N2C[C@H](NC(=O)CCO)[C@@H](C(C)C)C2)n1.Cl. The second kappa shape index (κ2) is 9.75. The van der Waals surface area contributed by atoms with Crippen molar-refractivity contribution in [3.8, 4) is 6.07 Å². The lowest BCUT2D eigenvalue weighted by Gasteiger charge is -2.22. The van der Waals surface area contributed by atoms with Gasteiger partial charge in [-0.3, -0.25) is 4.79 Å². The lowest BCUT2D eigenvalue weighted by Crippen LogP contribution is -2.42. The number of carbonyl (C=O) groups is 1. The van der Waals surface area contributed by atoms with Gasteiger partial charge in [0.2, 0.25) is 5.91 Å². The van der Waals surface area contributed by atoms with Gasteiger partial charge >= 0.3 is 0 Å². The second-order valence-electron chi connectivity index (χ2n) is 7.33. The van der Waals surface area contributed by atoms with Gasteiger partial charge in [-0.2, -0.15) is 5.26 Å². The van der Waals surface area contributed by atoms with E-state index in [0.29, 0.717) is 23.8 Å². The third-order valence-corrected chi connectivity index (χ3v) is 4.81. The van der Waals surface area contributed by atoms with Crippen LogP contribution < -0.4 is 10.2 Å². The molecular weight excluding hydrogens is 352 g/mol. The van der Waals surface area contributed by atoms with E-state index in [1.807, 2.05) is 12.1 Å². The largest absolute Gasteiger partial charge is 0.396 e. The number of nitriles is 1. The third-order valence-electron chi connectivity index (χ3n) is 4.81. The second-order valence-corrected chi connectivity index (χ2v) is 7.33. The maximum Gasteiger partial charge on any atom is 0.222 e. The molecule has 0 unspecified atom stereocenters. The van der Waals surface area contributed by atoms with Crippen LogP contribution in [0.4, 0.5) is 5.82 Å². The van der Waals surface area contributed by atoms with Gasteiger partial charge in [0.1, 0.15) is 11.9 Å². The first-order valence-electron chi connectivity index (χ1n) is 8.93. The number of rotatable bonds is 6. The zero-order valence-electron chi connectivity index (χ0n) is 15.9. The van der Waals surface area contributed by atoms with Crippen molar-refractivity contribution >= 4 is 24.1 Å². The maximum atomic E-state index is 11.9. The molecule has 0 aliphatic carbocycles. The predicted octanol–water partition coefficient (Wildman–Crippen LogP) is 2.46. The van der Waals surface area contributed by atoms with Gasteiger partial charge in [0.25, 0.3) is 0 Å². The quantitative estimate of drug-likeness (QED) is 0.791. The van der Waals surface area contributed by atoms with E-state index in [4.69, 9.17) is 10.1 Å². The molecule has 2 heterocycles. The summed E-state index contributed by atoms with van der Waals surface area (Å²) in [6.07, 6.45) is 0.117. The van der Waals surface area contributed by atoms with Gasteiger partial charge in [0.15, 0.2) is 0 Å². The Morgan fingerprint density at radius 2 is 2.08 bits per heavy atom. The molecule has 0 radical (unpaired) electrons. The van der Waals surface area contributed by atoms with Crippen LogP contribution in [0, 0.1) is 23.2 Å². The van der Waals surface area contributed by atoms with Crippen LogP contribution in [0.2, 0.25) is 0 Å². The number of amides is 1. The van der Waals surface area contributed by atoms with E-state index < -0.39 is 0 Å². The van der Waals surface area contributed by atoms with Crippen LogP contribution in [0.25, 0.3) is 0 Å². The first-order valence-corrected chi connectivity index (χ1v) is 8.93. The molecule has 6 nitrogen and oxygen atoms in total. The minimum atomic E-state index is -0.148. The number of halogens is 1. The molecule has 1 aliphatic rings. The number of pyridine rings is 1. The molecule has 1 aromatic rings. The predicted molar refractivity (Wildman–Crippen MR) is 104 cm³/mol. The van der Waals surface area contributed by atoms with E-state index in [9.17, 15) is 10.1 Å². The van der Waals surface area contributed by atoms with E-state index in [0.717, 1.165) is 12.2 Å². The highest BCUT2D eigenvalue weighted by atomic mass is 35.5. The Bertz CT molecular complexity index is 657. The molecule has 1 aromatic heterocycles. The summed E-state index contributed by atoms with van der Waals surface area (Å²) in [4.78, 5) is 18.7. The molecule has 2 rings (SSSR count). The van der Waals surface area contributed by atoms with Crippen LogP contribution >= 0.6 is 12.4 Å². The van der Waals surface area contributed by atoms with Gasteiger partial charge in [-0.25, -0.2) is 4.98 Å². The normalized spacial score (nSPS) is 19.4. The van der Waals surface area contributed by atoms with Crippen molar-refractivity contribution in [2.45, 2.75) is 46.1 Å². The van der Waals surface area contributed by atoms with E-state index in [1.54, 1.807) is 0 Å². The Morgan fingerprint density at radius 1 is 1.38 bits per heavy atom. The molecule has 0 aromatic carbocycles. The molecular formula is C19H29ClN4O2. The molecule has 26 heavy (non-hydrogen) atoms. The number of nitrogens with one attached hydrogen (secondary N) is 1. The highest BCUT2D eigenvalue weighted by molar-refractivity contribution is 5.85. The number of carbonyl (C=O) groups excluding carboxylic acids is 1. The number of nitrogens with zero attached hydrogens (tertiary/aromatic N) is 3. The molecule has 1 aliphatic heterocycles. The molecule has 1 fully saturated rings. The lowest BCUT2D eigenvalue weighted by molar-refractivity contribution is -0.122. The summed E-state index contributed by atoms with van der Waals surface area (Å²) in [5, 5.41) is 21.4. The van der Waals surface area contributed by atoms with Crippen LogP contribution in [-0.2, 0) is 4.79 Å². The first-order chi connectivity index (χ1) is 11.9. The van der Waals surface area contributed by atoms with Gasteiger partial charge in [0, 0.05) is 31.1 Å². The number of hydrogen-bond donors (Lipinski definition) is 2. The first kappa shape index (κ1) is 22.2. The summed E-state index contributed by atoms with van der Waals surface area (Å²) in [7, 11) is 0. The number of hydrogen-bond acceptors (Lipinski definition) is 5. The molecule has 1 saturated heterocycles. The number of aliphatic hydroxyl groups is 1. The van der Waals surface area contributed by atoms with Crippen molar-refractivity contribution in [1.29, 1.82) is 5.26 Å². The number of anilines is 1. The fourth-order valence-electron chi connectivity index (χ4n) is 3.32. The van der Waals surface area contributed by atoms with Gasteiger partial charge in [0.05, 0.1) is 18.2 Å². The van der Waals surface area contributed by atoms with Crippen LogP contribution in [0.5, 0.6) is 0 Å². The van der Waals surface area contributed by atoms with Gasteiger partial charge < -0.3 is 15.3 Å². The summed E-state index contributed by atoms with van der Waals surface area (Å²) in [5.41, 5.74) is 1.53. The van der Waals surface area contributed by atoms with Gasteiger partial charge in [-0.1, -0.05) is 27.7 Å². The van der Waals surface area contributed by atoms with Crippen molar-refractivity contribution in [3.63, 3.8) is 0 Å². The average Bonchev–Trinajstić information content (AvgIpc) is 2.98. The Balaban J connectivity index is 0.00000338. The molecule has 2 atom stereocenters. The van der Waals surface area contributed by atoms with Crippen LogP contribution in [0.3, 0.4) is 0 Å². The zero-order valence-corrected chi connectivity index (χ0v) is 16.7. The van der Waals surface area contributed by atoms with E-state index in [-0.39, 0.29) is 49.2 Å². The molecule has 144 valence electrons. The van der Waals surface area contributed by atoms with Crippen LogP contribution in [0.15, 0.2) is 12.1 Å². The highest BCUT2D eigenvalue weighted by Crippen LogP contribution is 2.30. The van der Waals surface area contributed by atoms with Crippen molar-refractivity contribution in [1.82, 2.24) is 10.3 Å². The minimum absolute atomic E-state index is 0. The van der Waals surface area contributed by atoms with Crippen molar-refractivity contribution in [3.05, 3.63) is 23.4 Å². The monoisotopic (exact) mass is 380 g/mol. The molecule has 0 bridgehead atoms. The molecule has 1 amide bonds. The Kier molecular flexibility index (Phi) is 8.32. The molecule has 2 N–H and O–H groups in total. The Morgan fingerprint density at radius 3 is 2.62 bits per heavy atom. The smallest absolute Gasteiger partial charge is 0.222 e. The number of aliphatic hydroxyl groups excluding tert-OH is 1. The van der Waals surface area contributed by atoms with Crippen molar-refractivity contribution in [2.24, 2.45) is 11.8 Å². The van der Waals surface area contributed by atoms with Gasteiger partial charge in [-0.15, -0.1) is 12.4 Å². The Labute approximate surface area is 162 Å². The summed E-state index contributed by atoms with van der Waals surface area (Å²) in [6, 6.07) is 5.97. The van der Waals surface area contributed by atoms with E-state index in [2.05, 4.69) is 44.0 Å². The molecule has 0 saturated carbocycles. The summed E-state index contributed by atoms with van der Waals surface area (Å²) < 4.78 is 0. The number of aromatic nitrogens is 1. The lowest BCUT2D eigenvalue weighted by atomic mass is 9.91. The standard InChI is InChI=1S/C19H28N4O2.ClH/c1-12(2)15-10-23(11-17(15)21-18(25)7-8-24)19-14(9-20)5-6-16(22-19)13(3)4;/h5-6,12-13,15,17,24H,7-8,10-11H2,1-4H3,(H,21,25);1H/t15-,17+;/m1./s1. The van der Waals surface area contributed by atoms with E-state index in [1.165, 1.54) is 0 Å². The van der Waals surface area contributed by atoms with Crippen LogP contribution in [-0.4, -0.2) is 41.7 Å². The van der Waals surface area contributed by atoms with Crippen LogP contribution in [0.1, 0.15) is 51.3 Å². The third kappa shape index (κ3) is 5.09. The Hall–Kier alpha value is -1.84. The summed E-state index contributed by atoms with van der Waals surface area (Å²) >= 11 is 0. The maximum absolute atomic E-state index is 11.9. The highest BCUT2D eigenvalue weighted by Gasteiger charge is 2.37. The van der Waals surface area contributed by atoms with Crippen molar-refractivity contribution < 1.29 is 9.90 Å². The summed E-state index contributed by atoms with van der Waals surface area (Å²) in [6.45, 7) is 9.68. The fraction of sp³-hybridized carbons (Fsp3) is 0.632. The fourth-order valence-corrected chi connectivity index (χ4v) is 3.32. The van der Waals surface area contributed by atoms with E-state index >= 15 is 0 Å². The average molecular weight is 381 g/mol. The summed E-state index contributed by atoms with van der Waals surface area (Å²) in [5.74, 6) is 1.53. The zero-order chi connectivity index (χ0) is 18.6. The topological polar surface area (TPSA) is 89.2 Å².